The summed E-state index contributed by atoms with van der Waals surface area (Å²) in [6, 6.07) is 20.2. The van der Waals surface area contributed by atoms with E-state index in [9.17, 15) is 9.59 Å². The van der Waals surface area contributed by atoms with Gasteiger partial charge in [0.25, 0.3) is 0 Å². The molecule has 0 bridgehead atoms. The molecule has 6 heteroatoms. The first-order valence-electron chi connectivity index (χ1n) is 13.8. The maximum atomic E-state index is 14.0. The Kier molecular flexibility index (Phi) is 9.73. The lowest BCUT2D eigenvalue weighted by molar-refractivity contribution is -0.139. The summed E-state index contributed by atoms with van der Waals surface area (Å²) in [6.07, 6.45) is 5.82. The number of ether oxygens (including phenoxy) is 1. The SMILES string of the molecule is CCCCCCOC(=O)C(CCC)=C1SC[C@H]2[C@@H]1N(Cc1ccccc1)C(=O)N2[C@H](C)c1ccccc1. The number of rotatable bonds is 12. The second-order valence-electron chi connectivity index (χ2n) is 10.0. The van der Waals surface area contributed by atoms with Crippen LogP contribution in [0.1, 0.15) is 76.5 Å². The van der Waals surface area contributed by atoms with E-state index >= 15 is 0 Å². The number of hydrogen-bond donors (Lipinski definition) is 0. The van der Waals surface area contributed by atoms with Gasteiger partial charge in [0.2, 0.25) is 0 Å². The van der Waals surface area contributed by atoms with Crippen LogP contribution in [0.4, 0.5) is 4.79 Å². The summed E-state index contributed by atoms with van der Waals surface area (Å²) in [5.41, 5.74) is 2.98. The number of nitrogens with zero attached hydrogens (tertiary/aromatic N) is 2. The van der Waals surface area contributed by atoms with Crippen molar-refractivity contribution in [3.05, 3.63) is 82.3 Å². The van der Waals surface area contributed by atoms with Crippen molar-refractivity contribution in [2.75, 3.05) is 12.4 Å². The molecule has 2 saturated heterocycles. The maximum absolute atomic E-state index is 14.0. The van der Waals surface area contributed by atoms with Crippen molar-refractivity contribution in [1.29, 1.82) is 0 Å². The highest BCUT2D eigenvalue weighted by atomic mass is 32.2. The van der Waals surface area contributed by atoms with Crippen molar-refractivity contribution in [3.63, 3.8) is 0 Å². The van der Waals surface area contributed by atoms with Crippen LogP contribution >= 0.6 is 11.8 Å². The van der Waals surface area contributed by atoms with Crippen LogP contribution in [0, 0.1) is 0 Å². The van der Waals surface area contributed by atoms with Crippen LogP contribution < -0.4 is 0 Å². The van der Waals surface area contributed by atoms with Crippen molar-refractivity contribution < 1.29 is 14.3 Å². The second-order valence-corrected chi connectivity index (χ2v) is 11.1. The predicted octanol–water partition coefficient (Wildman–Crippen LogP) is 7.35. The number of carbonyl (C=O) groups excluding carboxylic acids is 2. The quantitative estimate of drug-likeness (QED) is 0.127. The molecular formula is C31H40N2O3S. The lowest BCUT2D eigenvalue weighted by Crippen LogP contribution is -2.38. The normalized spacial score (nSPS) is 21.2. The fourth-order valence-corrected chi connectivity index (χ4v) is 6.94. The number of esters is 1. The zero-order chi connectivity index (χ0) is 26.2. The first-order chi connectivity index (χ1) is 18.1. The topological polar surface area (TPSA) is 49.9 Å². The van der Waals surface area contributed by atoms with E-state index in [1.54, 1.807) is 11.8 Å². The van der Waals surface area contributed by atoms with E-state index in [1.165, 1.54) is 0 Å². The first-order valence-corrected chi connectivity index (χ1v) is 14.8. The molecule has 2 amide bonds. The van der Waals surface area contributed by atoms with Gasteiger partial charge in [-0.25, -0.2) is 9.59 Å². The molecule has 37 heavy (non-hydrogen) atoms. The Morgan fingerprint density at radius 3 is 2.38 bits per heavy atom. The van der Waals surface area contributed by atoms with Gasteiger partial charge in [0.15, 0.2) is 0 Å². The highest BCUT2D eigenvalue weighted by molar-refractivity contribution is 8.03. The van der Waals surface area contributed by atoms with Crippen LogP contribution in [0.5, 0.6) is 0 Å². The Morgan fingerprint density at radius 2 is 1.70 bits per heavy atom. The number of benzene rings is 2. The van der Waals surface area contributed by atoms with E-state index < -0.39 is 0 Å². The van der Waals surface area contributed by atoms with Gasteiger partial charge in [-0.05, 0) is 30.9 Å². The third-order valence-corrected chi connectivity index (χ3v) is 8.68. The number of hydrogen-bond acceptors (Lipinski definition) is 4. The number of fused-ring (bicyclic) bond motifs is 1. The molecular weight excluding hydrogens is 480 g/mol. The number of thioether (sulfide) groups is 1. The van der Waals surface area contributed by atoms with Crippen molar-refractivity contribution >= 4 is 23.8 Å². The molecule has 0 saturated carbocycles. The van der Waals surface area contributed by atoms with E-state index in [2.05, 4.69) is 45.0 Å². The van der Waals surface area contributed by atoms with Crippen molar-refractivity contribution in [3.8, 4) is 0 Å². The molecule has 0 aromatic heterocycles. The third-order valence-electron chi connectivity index (χ3n) is 7.37. The first kappa shape index (κ1) is 27.3. The molecule has 2 fully saturated rings. The van der Waals surface area contributed by atoms with E-state index in [0.717, 1.165) is 59.5 Å². The molecule has 2 aromatic rings. The molecule has 3 atom stereocenters. The van der Waals surface area contributed by atoms with Gasteiger partial charge >= 0.3 is 12.0 Å². The maximum Gasteiger partial charge on any atom is 0.334 e. The Hall–Kier alpha value is -2.73. The zero-order valence-electron chi connectivity index (χ0n) is 22.4. The molecule has 2 aromatic carbocycles. The summed E-state index contributed by atoms with van der Waals surface area (Å²) in [4.78, 5) is 32.4. The van der Waals surface area contributed by atoms with Crippen molar-refractivity contribution in [2.24, 2.45) is 0 Å². The summed E-state index contributed by atoms with van der Waals surface area (Å²) in [5, 5.41) is 0. The van der Waals surface area contributed by atoms with Gasteiger partial charge in [0.05, 0.1) is 24.7 Å². The Labute approximate surface area is 226 Å². The summed E-state index contributed by atoms with van der Waals surface area (Å²) in [6.45, 7) is 7.36. The lowest BCUT2D eigenvalue weighted by Gasteiger charge is -2.29. The molecule has 2 aliphatic rings. The van der Waals surface area contributed by atoms with Crippen LogP contribution in [0.15, 0.2) is 71.1 Å². The smallest absolute Gasteiger partial charge is 0.334 e. The average Bonchev–Trinajstić information content (AvgIpc) is 3.45. The highest BCUT2D eigenvalue weighted by Crippen LogP contribution is 2.47. The van der Waals surface area contributed by atoms with Gasteiger partial charge in [-0.1, -0.05) is 100 Å². The standard InChI is InChI=1S/C31H40N2O3S/c1-4-6-7-14-20-36-30(34)26(15-5-2)29-28-27(22-37-29)33(23(3)25-18-12-9-13-19-25)31(35)32(28)21-24-16-10-8-11-17-24/h8-13,16-19,23,27-28H,4-7,14-15,20-22H2,1-3H3/t23-,27+,28+/m1/s1. The third kappa shape index (κ3) is 6.23. The molecule has 0 spiro atoms. The van der Waals surface area contributed by atoms with Gasteiger partial charge in [-0.15, -0.1) is 11.8 Å². The average molecular weight is 521 g/mol. The van der Waals surface area contributed by atoms with Crippen LogP contribution in [0.3, 0.4) is 0 Å². The van der Waals surface area contributed by atoms with Gasteiger partial charge in [-0.2, -0.15) is 0 Å². The molecule has 0 radical (unpaired) electrons. The van der Waals surface area contributed by atoms with Gasteiger partial charge < -0.3 is 14.5 Å². The Morgan fingerprint density at radius 1 is 1.00 bits per heavy atom. The Balaban J connectivity index is 1.65. The molecule has 198 valence electrons. The highest BCUT2D eigenvalue weighted by Gasteiger charge is 2.53. The molecule has 5 nitrogen and oxygen atoms in total. The monoisotopic (exact) mass is 520 g/mol. The number of urea groups is 1. The lowest BCUT2D eigenvalue weighted by atomic mass is 10.0. The molecule has 2 aliphatic heterocycles. The summed E-state index contributed by atoms with van der Waals surface area (Å²) < 4.78 is 5.76. The Bertz CT molecular complexity index is 1070. The van der Waals surface area contributed by atoms with Crippen molar-refractivity contribution in [1.82, 2.24) is 9.80 Å². The van der Waals surface area contributed by atoms with Crippen LogP contribution in [0.2, 0.25) is 0 Å². The van der Waals surface area contributed by atoms with E-state index in [4.69, 9.17) is 4.74 Å². The van der Waals surface area contributed by atoms with Gasteiger partial charge in [0.1, 0.15) is 0 Å². The van der Waals surface area contributed by atoms with E-state index in [0.29, 0.717) is 19.6 Å². The fourth-order valence-electron chi connectivity index (χ4n) is 5.43. The summed E-state index contributed by atoms with van der Waals surface area (Å²) in [5.74, 6) is 0.578. The number of unbranched alkanes of at least 4 members (excludes halogenated alkanes) is 3. The van der Waals surface area contributed by atoms with Gasteiger partial charge in [-0.3, -0.25) is 0 Å². The largest absolute Gasteiger partial charge is 0.462 e. The minimum atomic E-state index is -0.205. The van der Waals surface area contributed by atoms with Crippen LogP contribution in [-0.4, -0.2) is 46.2 Å². The van der Waals surface area contributed by atoms with Gasteiger partial charge in [0, 0.05) is 22.8 Å². The number of amides is 2. The second kappa shape index (κ2) is 13.2. The summed E-state index contributed by atoms with van der Waals surface area (Å²) in [7, 11) is 0. The van der Waals surface area contributed by atoms with Crippen LogP contribution in [0.25, 0.3) is 0 Å². The molecule has 0 aliphatic carbocycles. The zero-order valence-corrected chi connectivity index (χ0v) is 23.2. The molecule has 0 unspecified atom stereocenters. The van der Waals surface area contributed by atoms with Crippen molar-refractivity contribution in [2.45, 2.75) is 84.0 Å². The van der Waals surface area contributed by atoms with E-state index in [-0.39, 0.29) is 30.1 Å². The predicted molar refractivity (Wildman–Crippen MR) is 151 cm³/mol. The minimum Gasteiger partial charge on any atom is -0.462 e. The molecule has 2 heterocycles. The van der Waals surface area contributed by atoms with Crippen LogP contribution in [-0.2, 0) is 16.1 Å². The fraction of sp³-hybridized carbons (Fsp3) is 0.484. The molecule has 0 N–H and O–H groups in total. The minimum absolute atomic E-state index is 0.00984. The number of carbonyl (C=O) groups is 2. The summed E-state index contributed by atoms with van der Waals surface area (Å²) >= 11 is 1.73. The molecule has 4 rings (SSSR count). The van der Waals surface area contributed by atoms with E-state index in [1.807, 2.05) is 46.2 Å².